The third kappa shape index (κ3) is 3.63. The Balaban J connectivity index is 2.34. The summed E-state index contributed by atoms with van der Waals surface area (Å²) < 4.78 is 45.5. The largest absolute Gasteiger partial charge is 0.465 e. The zero-order valence-corrected chi connectivity index (χ0v) is 13.2. The highest BCUT2D eigenvalue weighted by atomic mass is 32.2. The Labute approximate surface area is 129 Å². The van der Waals surface area contributed by atoms with E-state index in [2.05, 4.69) is 14.8 Å². The van der Waals surface area contributed by atoms with Crippen LogP contribution in [0.1, 0.15) is 30.1 Å². The first kappa shape index (κ1) is 16.9. The molecule has 0 aromatic heterocycles. The molecule has 1 fully saturated rings. The van der Waals surface area contributed by atoms with Crippen LogP contribution >= 0.6 is 0 Å². The Morgan fingerprint density at radius 1 is 1.45 bits per heavy atom. The summed E-state index contributed by atoms with van der Waals surface area (Å²) in [5.74, 6) is -1.60. The lowest BCUT2D eigenvalue weighted by Crippen LogP contribution is -2.51. The molecule has 1 heterocycles. The molecule has 2 atom stereocenters. The number of carbonyl (C=O) groups excluding carboxylic acids is 1. The van der Waals surface area contributed by atoms with Crippen molar-refractivity contribution >= 4 is 16.0 Å². The van der Waals surface area contributed by atoms with Gasteiger partial charge < -0.3 is 10.1 Å². The molecule has 122 valence electrons. The number of methoxy groups -OCH3 is 1. The lowest BCUT2D eigenvalue weighted by atomic mass is 10.0. The van der Waals surface area contributed by atoms with Crippen LogP contribution in [0.4, 0.5) is 4.39 Å². The quantitative estimate of drug-likeness (QED) is 0.806. The third-order valence-corrected chi connectivity index (χ3v) is 5.25. The fourth-order valence-electron chi connectivity index (χ4n) is 2.47. The molecule has 0 radical (unpaired) electrons. The average Bonchev–Trinajstić information content (AvgIpc) is 2.48. The molecule has 8 heteroatoms. The fraction of sp³-hybridized carbons (Fsp3) is 0.500. The molecule has 2 unspecified atom stereocenters. The van der Waals surface area contributed by atoms with Crippen molar-refractivity contribution in [1.82, 2.24) is 10.0 Å². The number of halogens is 1. The minimum absolute atomic E-state index is 0.0226. The molecule has 2 rings (SSSR count). The van der Waals surface area contributed by atoms with Crippen LogP contribution in [-0.2, 0) is 14.8 Å². The van der Waals surface area contributed by atoms with Gasteiger partial charge in [-0.05, 0) is 44.5 Å². The van der Waals surface area contributed by atoms with Gasteiger partial charge in [0.25, 0.3) is 0 Å². The van der Waals surface area contributed by atoms with E-state index in [-0.39, 0.29) is 22.5 Å². The highest BCUT2D eigenvalue weighted by molar-refractivity contribution is 7.89. The Kier molecular flexibility index (Phi) is 5.15. The van der Waals surface area contributed by atoms with Crippen LogP contribution in [0, 0.1) is 5.82 Å². The highest BCUT2D eigenvalue weighted by Crippen LogP contribution is 2.20. The summed E-state index contributed by atoms with van der Waals surface area (Å²) in [5.41, 5.74) is -0.313. The number of carbonyl (C=O) groups is 1. The zero-order chi connectivity index (χ0) is 16.3. The van der Waals surface area contributed by atoms with Gasteiger partial charge in [-0.2, -0.15) is 0 Å². The first-order valence-corrected chi connectivity index (χ1v) is 8.47. The predicted molar refractivity (Wildman–Crippen MR) is 78.5 cm³/mol. The number of esters is 1. The molecule has 1 aliphatic rings. The monoisotopic (exact) mass is 330 g/mol. The summed E-state index contributed by atoms with van der Waals surface area (Å²) in [7, 11) is -2.84. The summed E-state index contributed by atoms with van der Waals surface area (Å²) in [6, 6.07) is 2.64. The molecular formula is C14H19FN2O4S. The van der Waals surface area contributed by atoms with Crippen LogP contribution in [0.15, 0.2) is 23.1 Å². The Morgan fingerprint density at radius 3 is 2.82 bits per heavy atom. The van der Waals surface area contributed by atoms with Gasteiger partial charge in [0, 0.05) is 12.1 Å². The van der Waals surface area contributed by atoms with Gasteiger partial charge >= 0.3 is 5.97 Å². The van der Waals surface area contributed by atoms with Crippen molar-refractivity contribution in [3.8, 4) is 0 Å². The van der Waals surface area contributed by atoms with Crippen molar-refractivity contribution in [3.05, 3.63) is 29.6 Å². The van der Waals surface area contributed by atoms with Crippen LogP contribution < -0.4 is 10.0 Å². The first-order chi connectivity index (χ1) is 10.3. The van der Waals surface area contributed by atoms with Crippen LogP contribution in [0.3, 0.4) is 0 Å². The normalized spacial score (nSPS) is 22.3. The molecular weight excluding hydrogens is 311 g/mol. The summed E-state index contributed by atoms with van der Waals surface area (Å²) >= 11 is 0. The van der Waals surface area contributed by atoms with E-state index in [4.69, 9.17) is 0 Å². The van der Waals surface area contributed by atoms with Crippen LogP contribution in [0.2, 0.25) is 0 Å². The lowest BCUT2D eigenvalue weighted by molar-refractivity contribution is 0.0595. The molecule has 1 aliphatic heterocycles. The van der Waals surface area contributed by atoms with E-state index < -0.39 is 21.8 Å². The second-order valence-corrected chi connectivity index (χ2v) is 6.93. The summed E-state index contributed by atoms with van der Waals surface area (Å²) in [6.07, 6.45) is 1.55. The van der Waals surface area contributed by atoms with Crippen molar-refractivity contribution < 1.29 is 22.3 Å². The van der Waals surface area contributed by atoms with Gasteiger partial charge in [0.05, 0.1) is 17.6 Å². The van der Waals surface area contributed by atoms with E-state index in [1.54, 1.807) is 0 Å². The zero-order valence-electron chi connectivity index (χ0n) is 12.4. The van der Waals surface area contributed by atoms with Crippen LogP contribution in [-0.4, -0.2) is 40.1 Å². The third-order valence-electron chi connectivity index (χ3n) is 3.70. The van der Waals surface area contributed by atoms with Gasteiger partial charge in [-0.3, -0.25) is 0 Å². The van der Waals surface area contributed by atoms with Crippen molar-refractivity contribution in [3.63, 3.8) is 0 Å². The Hall–Kier alpha value is -1.51. The summed E-state index contributed by atoms with van der Waals surface area (Å²) in [4.78, 5) is 11.4. The molecule has 0 amide bonds. The van der Waals surface area contributed by atoms with Gasteiger partial charge in [0.1, 0.15) is 5.82 Å². The molecule has 1 saturated heterocycles. The minimum atomic E-state index is -3.95. The number of nitrogens with one attached hydrogen (secondary N) is 2. The standard InChI is InChI=1S/C14H19FN2O4S/c1-9-12(4-3-7-16-9)17-22(19,20)13-6-5-10(15)8-11(13)14(18)21-2/h5-6,8-9,12,16-17H,3-4,7H2,1-2H3. The van der Waals surface area contributed by atoms with Crippen molar-refractivity contribution in [2.75, 3.05) is 13.7 Å². The number of piperidine rings is 1. The number of hydrogen-bond donors (Lipinski definition) is 2. The second-order valence-electron chi connectivity index (χ2n) is 5.24. The maximum absolute atomic E-state index is 13.3. The average molecular weight is 330 g/mol. The number of rotatable bonds is 4. The maximum Gasteiger partial charge on any atom is 0.339 e. The smallest absolute Gasteiger partial charge is 0.339 e. The van der Waals surface area contributed by atoms with E-state index in [1.807, 2.05) is 6.92 Å². The molecule has 6 nitrogen and oxygen atoms in total. The summed E-state index contributed by atoms with van der Waals surface area (Å²) in [5, 5.41) is 3.19. The molecule has 0 saturated carbocycles. The van der Waals surface area contributed by atoms with Gasteiger partial charge in [-0.15, -0.1) is 0 Å². The van der Waals surface area contributed by atoms with Crippen LogP contribution in [0.5, 0.6) is 0 Å². The Bertz CT molecular complexity index is 663. The Morgan fingerprint density at radius 2 is 2.18 bits per heavy atom. The van der Waals surface area contributed by atoms with Gasteiger partial charge in [0.15, 0.2) is 0 Å². The molecule has 1 aromatic carbocycles. The second kappa shape index (κ2) is 6.72. The molecule has 0 spiro atoms. The van der Waals surface area contributed by atoms with E-state index >= 15 is 0 Å². The molecule has 0 aliphatic carbocycles. The SMILES string of the molecule is COC(=O)c1cc(F)ccc1S(=O)(=O)NC1CCCNC1C. The van der Waals surface area contributed by atoms with E-state index in [0.29, 0.717) is 6.42 Å². The summed E-state index contributed by atoms with van der Waals surface area (Å²) in [6.45, 7) is 2.72. The van der Waals surface area contributed by atoms with Crippen LogP contribution in [0.25, 0.3) is 0 Å². The highest BCUT2D eigenvalue weighted by Gasteiger charge is 2.29. The van der Waals surface area contributed by atoms with Crippen molar-refractivity contribution in [2.45, 2.75) is 36.7 Å². The van der Waals surface area contributed by atoms with Gasteiger partial charge in [0.2, 0.25) is 10.0 Å². The molecule has 1 aromatic rings. The first-order valence-electron chi connectivity index (χ1n) is 6.98. The van der Waals surface area contributed by atoms with Gasteiger partial charge in [-0.1, -0.05) is 0 Å². The van der Waals surface area contributed by atoms with E-state index in [1.165, 1.54) is 0 Å². The fourth-order valence-corrected chi connectivity index (χ4v) is 4.00. The number of ether oxygens (including phenoxy) is 1. The lowest BCUT2D eigenvalue weighted by Gasteiger charge is -2.30. The predicted octanol–water partition coefficient (Wildman–Crippen LogP) is 1.03. The molecule has 22 heavy (non-hydrogen) atoms. The topological polar surface area (TPSA) is 84.5 Å². The maximum atomic E-state index is 13.3. The van der Waals surface area contributed by atoms with Crippen molar-refractivity contribution in [2.24, 2.45) is 0 Å². The van der Waals surface area contributed by atoms with Crippen molar-refractivity contribution in [1.29, 1.82) is 0 Å². The molecule has 0 bridgehead atoms. The number of hydrogen-bond acceptors (Lipinski definition) is 5. The number of benzene rings is 1. The van der Waals surface area contributed by atoms with E-state index in [0.717, 1.165) is 38.3 Å². The number of sulfonamides is 1. The van der Waals surface area contributed by atoms with E-state index in [9.17, 15) is 17.6 Å². The minimum Gasteiger partial charge on any atom is -0.465 e. The molecule has 2 N–H and O–H groups in total. The van der Waals surface area contributed by atoms with Gasteiger partial charge in [-0.25, -0.2) is 22.3 Å².